The number of hydrogen-bond acceptors (Lipinski definition) is 2. The van der Waals surface area contributed by atoms with Gasteiger partial charge in [0.25, 0.3) is 0 Å². The van der Waals surface area contributed by atoms with Gasteiger partial charge in [-0.05, 0) is 0 Å². The molecule has 0 heterocycles. The van der Waals surface area contributed by atoms with Crippen LogP contribution in [0.5, 0.6) is 0 Å². The summed E-state index contributed by atoms with van der Waals surface area (Å²) in [6.07, 6.45) is 2.45. The molecule has 0 aromatic rings. The molecule has 0 aliphatic rings. The van der Waals surface area contributed by atoms with E-state index in [2.05, 4.69) is 0 Å². The van der Waals surface area contributed by atoms with E-state index in [4.69, 9.17) is 11.5 Å². The summed E-state index contributed by atoms with van der Waals surface area (Å²) in [5, 5.41) is 2.80. The molecule has 0 saturated carbocycles. The summed E-state index contributed by atoms with van der Waals surface area (Å²) in [4.78, 5) is 0. The van der Waals surface area contributed by atoms with Crippen LogP contribution in [-0.2, 0) is 0 Å². The Balaban J connectivity index is 2.60. The molecule has 0 aliphatic carbocycles. The van der Waals surface area contributed by atoms with Gasteiger partial charge >= 0.3 is 63.6 Å². The van der Waals surface area contributed by atoms with Crippen LogP contribution in [0.15, 0.2) is 0 Å². The van der Waals surface area contributed by atoms with Gasteiger partial charge in [-0.3, -0.25) is 0 Å². The Morgan fingerprint density at radius 3 is 1.67 bits per heavy atom. The van der Waals surface area contributed by atoms with E-state index in [0.29, 0.717) is 15.8 Å². The van der Waals surface area contributed by atoms with Gasteiger partial charge in [-0.15, -0.1) is 0 Å². The summed E-state index contributed by atoms with van der Waals surface area (Å²) >= 11 is 0.336. The van der Waals surface area contributed by atoms with Crippen LogP contribution < -0.4 is 11.5 Å². The Hall–Kier alpha value is 0.478. The van der Waals surface area contributed by atoms with Crippen molar-refractivity contribution in [2.75, 3.05) is 13.1 Å². The maximum absolute atomic E-state index is 5.34. The molecule has 56 valence electrons. The second kappa shape index (κ2) is 8.48. The molecule has 0 unspecified atom stereocenters. The second-order valence-electron chi connectivity index (χ2n) is 2.03. The fourth-order valence-electron chi connectivity index (χ4n) is 0.579. The molecule has 0 radical (unpaired) electrons. The average Bonchev–Trinajstić information content (AvgIpc) is 1.89. The fraction of sp³-hybridized carbons (Fsp3) is 1.00. The molecule has 0 bridgehead atoms. The summed E-state index contributed by atoms with van der Waals surface area (Å²) < 4.78 is 0. The summed E-state index contributed by atoms with van der Waals surface area (Å²) in [6, 6.07) is 0. The zero-order valence-corrected chi connectivity index (χ0v) is 8.00. The molecule has 3 heteroatoms. The van der Waals surface area contributed by atoms with Crippen molar-refractivity contribution in [2.24, 2.45) is 11.5 Å². The van der Waals surface area contributed by atoms with E-state index in [9.17, 15) is 0 Å². The van der Waals surface area contributed by atoms with E-state index < -0.39 is 0 Å². The van der Waals surface area contributed by atoms with E-state index in [0.717, 1.165) is 13.1 Å². The van der Waals surface area contributed by atoms with Crippen molar-refractivity contribution in [3.05, 3.63) is 0 Å². The topological polar surface area (TPSA) is 52.0 Å². The molecule has 0 spiro atoms. The summed E-state index contributed by atoms with van der Waals surface area (Å²) in [7, 11) is 0. The first-order valence-electron chi connectivity index (χ1n) is 3.52. The zero-order chi connectivity index (χ0) is 6.95. The fourth-order valence-corrected chi connectivity index (χ4v) is 3.01. The number of hydrogen-bond donors (Lipinski definition) is 2. The van der Waals surface area contributed by atoms with Crippen LogP contribution in [-0.4, -0.2) is 28.8 Å². The predicted octanol–water partition coefficient (Wildman–Crippen LogP) is -0.0429. The van der Waals surface area contributed by atoms with Crippen LogP contribution in [0.25, 0.3) is 0 Å². The first-order chi connectivity index (χ1) is 4.41. The molecule has 0 amide bonds. The van der Waals surface area contributed by atoms with E-state index in [1.807, 2.05) is 0 Å². The minimum absolute atomic E-state index is 0.336. The van der Waals surface area contributed by atoms with E-state index in [1.165, 1.54) is 23.3 Å². The Kier molecular flexibility index (Phi) is 8.93. The van der Waals surface area contributed by atoms with Crippen molar-refractivity contribution >= 4 is 15.8 Å². The number of rotatable bonds is 6. The number of nitrogens with two attached hydrogens (primary N) is 2. The van der Waals surface area contributed by atoms with E-state index >= 15 is 0 Å². The SMILES string of the molecule is NCCC[AsH]CCCN. The molecule has 2 nitrogen and oxygen atoms in total. The zero-order valence-electron chi connectivity index (χ0n) is 5.90. The van der Waals surface area contributed by atoms with Crippen molar-refractivity contribution < 1.29 is 0 Å². The normalized spacial score (nSPS) is 10.0. The van der Waals surface area contributed by atoms with Gasteiger partial charge in [-0.1, -0.05) is 0 Å². The van der Waals surface area contributed by atoms with Crippen LogP contribution in [0.3, 0.4) is 0 Å². The van der Waals surface area contributed by atoms with Crippen LogP contribution in [0, 0.1) is 0 Å². The Morgan fingerprint density at radius 2 is 1.33 bits per heavy atom. The van der Waals surface area contributed by atoms with E-state index in [1.54, 1.807) is 0 Å². The molecule has 0 atom stereocenters. The molecule has 4 N–H and O–H groups in total. The standard InChI is InChI=1S/C6H17AsN2/c8-5-1-3-7-4-2-6-9/h7H,1-6,8-9H2. The van der Waals surface area contributed by atoms with Gasteiger partial charge in [-0.2, -0.15) is 0 Å². The molecule has 0 aromatic carbocycles. The van der Waals surface area contributed by atoms with Crippen molar-refractivity contribution in [1.82, 2.24) is 0 Å². The third-order valence-electron chi connectivity index (χ3n) is 1.12. The van der Waals surface area contributed by atoms with Gasteiger partial charge in [0.05, 0.1) is 0 Å². The summed E-state index contributed by atoms with van der Waals surface area (Å²) in [5.41, 5.74) is 10.7. The Morgan fingerprint density at radius 1 is 0.889 bits per heavy atom. The average molecular weight is 192 g/mol. The van der Waals surface area contributed by atoms with Gasteiger partial charge in [0, 0.05) is 0 Å². The monoisotopic (exact) mass is 192 g/mol. The van der Waals surface area contributed by atoms with Gasteiger partial charge in [0.15, 0.2) is 0 Å². The first kappa shape index (κ1) is 9.48. The summed E-state index contributed by atoms with van der Waals surface area (Å²) in [6.45, 7) is 1.73. The van der Waals surface area contributed by atoms with Crippen molar-refractivity contribution in [2.45, 2.75) is 23.3 Å². The molecule has 0 aromatic heterocycles. The quantitative estimate of drug-likeness (QED) is 0.458. The van der Waals surface area contributed by atoms with Gasteiger partial charge < -0.3 is 0 Å². The molecule has 0 saturated heterocycles. The molecule has 0 rings (SSSR count). The van der Waals surface area contributed by atoms with Crippen molar-refractivity contribution in [3.8, 4) is 0 Å². The molecular weight excluding hydrogens is 175 g/mol. The van der Waals surface area contributed by atoms with Crippen LogP contribution in [0.1, 0.15) is 12.8 Å². The van der Waals surface area contributed by atoms with E-state index in [-0.39, 0.29) is 0 Å². The second-order valence-corrected chi connectivity index (χ2v) is 5.18. The maximum atomic E-state index is 5.34. The van der Waals surface area contributed by atoms with Crippen LogP contribution in [0.4, 0.5) is 0 Å². The first-order valence-corrected chi connectivity index (χ1v) is 6.49. The third-order valence-corrected chi connectivity index (χ3v) is 4.08. The van der Waals surface area contributed by atoms with Gasteiger partial charge in [-0.25, -0.2) is 0 Å². The molecule has 0 aliphatic heterocycles. The molecular formula is C6H17AsN2. The predicted molar refractivity (Wildman–Crippen MR) is 44.1 cm³/mol. The Labute approximate surface area is 64.1 Å². The molecule has 0 fully saturated rings. The third kappa shape index (κ3) is 8.48. The van der Waals surface area contributed by atoms with Crippen molar-refractivity contribution in [1.29, 1.82) is 0 Å². The summed E-state index contributed by atoms with van der Waals surface area (Å²) in [5.74, 6) is 0. The molecule has 9 heavy (non-hydrogen) atoms. The Bertz CT molecular complexity index is 44.3. The minimum atomic E-state index is 0.336. The van der Waals surface area contributed by atoms with Crippen LogP contribution >= 0.6 is 0 Å². The van der Waals surface area contributed by atoms with Crippen LogP contribution in [0.2, 0.25) is 10.4 Å². The van der Waals surface area contributed by atoms with Gasteiger partial charge in [0.2, 0.25) is 0 Å². The van der Waals surface area contributed by atoms with Gasteiger partial charge in [0.1, 0.15) is 0 Å². The van der Waals surface area contributed by atoms with Crippen molar-refractivity contribution in [3.63, 3.8) is 0 Å².